The van der Waals surface area contributed by atoms with Crippen molar-refractivity contribution in [3.63, 3.8) is 0 Å². The molecule has 0 N–H and O–H groups in total. The topological polar surface area (TPSA) is 55.8 Å². The van der Waals surface area contributed by atoms with Gasteiger partial charge >= 0.3 is 5.97 Å². The van der Waals surface area contributed by atoms with Gasteiger partial charge < -0.3 is 14.4 Å². The van der Waals surface area contributed by atoms with Crippen LogP contribution in [0, 0.1) is 5.92 Å². The van der Waals surface area contributed by atoms with E-state index in [4.69, 9.17) is 9.47 Å². The molecule has 5 nitrogen and oxygen atoms in total. The Balaban J connectivity index is 2.42. The molecule has 0 bridgehead atoms. The molecular weight excluding hydrogens is 222 g/mol. The Morgan fingerprint density at radius 2 is 2.18 bits per heavy atom. The Kier molecular flexibility index (Phi) is 5.97. The van der Waals surface area contributed by atoms with Gasteiger partial charge in [0.15, 0.2) is 0 Å². The predicted octanol–water partition coefficient (Wildman–Crippen LogP) is 0.825. The minimum absolute atomic E-state index is 0.0563. The van der Waals surface area contributed by atoms with Crippen LogP contribution in [0.2, 0.25) is 0 Å². The fourth-order valence-electron chi connectivity index (χ4n) is 2.00. The smallest absolute Gasteiger partial charge is 0.310 e. The average molecular weight is 243 g/mol. The van der Waals surface area contributed by atoms with Crippen LogP contribution in [-0.4, -0.2) is 50.2 Å². The second kappa shape index (κ2) is 7.27. The second-order valence-corrected chi connectivity index (χ2v) is 4.17. The molecular formula is C12H21NO4. The Bertz CT molecular complexity index is 267. The molecule has 1 aliphatic heterocycles. The van der Waals surface area contributed by atoms with Crippen LogP contribution < -0.4 is 0 Å². The van der Waals surface area contributed by atoms with Gasteiger partial charge in [-0.15, -0.1) is 0 Å². The molecule has 0 aromatic rings. The van der Waals surface area contributed by atoms with Crippen molar-refractivity contribution in [3.05, 3.63) is 0 Å². The lowest BCUT2D eigenvalue weighted by atomic mass is 9.98. The summed E-state index contributed by atoms with van der Waals surface area (Å²) in [5.41, 5.74) is 0. The average Bonchev–Trinajstić information content (AvgIpc) is 2.36. The van der Waals surface area contributed by atoms with Gasteiger partial charge in [0.1, 0.15) is 0 Å². The predicted molar refractivity (Wildman–Crippen MR) is 62.4 cm³/mol. The number of likely N-dealkylation sites (tertiary alicyclic amines) is 1. The van der Waals surface area contributed by atoms with E-state index >= 15 is 0 Å². The van der Waals surface area contributed by atoms with Crippen molar-refractivity contribution in [3.8, 4) is 0 Å². The minimum atomic E-state index is -0.184. The number of hydrogen-bond donors (Lipinski definition) is 0. The number of methoxy groups -OCH3 is 1. The molecule has 0 radical (unpaired) electrons. The second-order valence-electron chi connectivity index (χ2n) is 4.17. The van der Waals surface area contributed by atoms with Gasteiger partial charge in [0.2, 0.25) is 5.91 Å². The van der Waals surface area contributed by atoms with E-state index in [0.29, 0.717) is 26.2 Å². The van der Waals surface area contributed by atoms with Gasteiger partial charge in [0.05, 0.1) is 25.6 Å². The van der Waals surface area contributed by atoms with Crippen LogP contribution in [0.1, 0.15) is 26.2 Å². The van der Waals surface area contributed by atoms with Gasteiger partial charge in [-0.25, -0.2) is 0 Å². The van der Waals surface area contributed by atoms with E-state index in [-0.39, 0.29) is 17.8 Å². The van der Waals surface area contributed by atoms with Crippen molar-refractivity contribution in [2.24, 2.45) is 5.92 Å². The number of ether oxygens (including phenoxy) is 2. The monoisotopic (exact) mass is 243 g/mol. The van der Waals surface area contributed by atoms with Crippen molar-refractivity contribution in [2.45, 2.75) is 26.2 Å². The lowest BCUT2D eigenvalue weighted by molar-refractivity contribution is -0.151. The molecule has 1 heterocycles. The third-order valence-electron chi connectivity index (χ3n) is 2.91. The maximum Gasteiger partial charge on any atom is 0.310 e. The molecule has 1 aliphatic rings. The summed E-state index contributed by atoms with van der Waals surface area (Å²) < 4.78 is 9.87. The van der Waals surface area contributed by atoms with Crippen LogP contribution in [0.25, 0.3) is 0 Å². The molecule has 1 atom stereocenters. The van der Waals surface area contributed by atoms with Gasteiger partial charge in [-0.2, -0.15) is 0 Å². The summed E-state index contributed by atoms with van der Waals surface area (Å²) in [6.45, 7) is 3.84. The maximum atomic E-state index is 11.8. The quantitative estimate of drug-likeness (QED) is 0.671. The molecule has 0 spiro atoms. The highest BCUT2D eigenvalue weighted by molar-refractivity contribution is 5.78. The van der Waals surface area contributed by atoms with Crippen molar-refractivity contribution >= 4 is 11.9 Å². The first-order chi connectivity index (χ1) is 8.19. The Labute approximate surface area is 102 Å². The van der Waals surface area contributed by atoms with Crippen molar-refractivity contribution < 1.29 is 19.1 Å². The third-order valence-corrected chi connectivity index (χ3v) is 2.91. The molecule has 1 fully saturated rings. The van der Waals surface area contributed by atoms with Crippen LogP contribution >= 0.6 is 0 Å². The number of carbonyl (C=O) groups is 2. The van der Waals surface area contributed by atoms with E-state index < -0.39 is 0 Å². The summed E-state index contributed by atoms with van der Waals surface area (Å²) in [7, 11) is 1.57. The SMILES string of the molecule is CCOC(=O)[C@H]1CCCN(C(=O)CCOC)C1. The summed E-state index contributed by atoms with van der Waals surface area (Å²) >= 11 is 0. The summed E-state index contributed by atoms with van der Waals surface area (Å²) in [5, 5.41) is 0. The largest absolute Gasteiger partial charge is 0.466 e. The van der Waals surface area contributed by atoms with Gasteiger partial charge in [0, 0.05) is 20.2 Å². The van der Waals surface area contributed by atoms with E-state index in [1.807, 2.05) is 0 Å². The molecule has 0 aromatic heterocycles. The van der Waals surface area contributed by atoms with E-state index in [1.165, 1.54) is 0 Å². The lowest BCUT2D eigenvalue weighted by Gasteiger charge is -2.31. The fraction of sp³-hybridized carbons (Fsp3) is 0.833. The van der Waals surface area contributed by atoms with E-state index in [0.717, 1.165) is 19.4 Å². The highest BCUT2D eigenvalue weighted by atomic mass is 16.5. The fourth-order valence-corrected chi connectivity index (χ4v) is 2.00. The number of hydrogen-bond acceptors (Lipinski definition) is 4. The number of rotatable bonds is 5. The Morgan fingerprint density at radius 1 is 1.41 bits per heavy atom. The van der Waals surface area contributed by atoms with Gasteiger partial charge in [-0.1, -0.05) is 0 Å². The molecule has 1 amide bonds. The molecule has 0 unspecified atom stereocenters. The molecule has 1 rings (SSSR count). The zero-order chi connectivity index (χ0) is 12.7. The molecule has 5 heteroatoms. The van der Waals surface area contributed by atoms with Crippen LogP contribution in [-0.2, 0) is 19.1 Å². The number of piperidine rings is 1. The van der Waals surface area contributed by atoms with Gasteiger partial charge in [-0.05, 0) is 19.8 Å². The zero-order valence-corrected chi connectivity index (χ0v) is 10.6. The standard InChI is InChI=1S/C12H21NO4/c1-3-17-12(15)10-5-4-7-13(9-10)11(14)6-8-16-2/h10H,3-9H2,1-2H3/t10-/m0/s1. The van der Waals surface area contributed by atoms with Crippen molar-refractivity contribution in [1.82, 2.24) is 4.90 Å². The first kappa shape index (κ1) is 14.0. The van der Waals surface area contributed by atoms with Crippen molar-refractivity contribution in [1.29, 1.82) is 0 Å². The molecule has 0 saturated carbocycles. The number of carbonyl (C=O) groups excluding carboxylic acids is 2. The van der Waals surface area contributed by atoms with E-state index in [1.54, 1.807) is 18.9 Å². The molecule has 98 valence electrons. The molecule has 1 saturated heterocycles. The minimum Gasteiger partial charge on any atom is -0.466 e. The highest BCUT2D eigenvalue weighted by Crippen LogP contribution is 2.18. The number of esters is 1. The van der Waals surface area contributed by atoms with Gasteiger partial charge in [-0.3, -0.25) is 9.59 Å². The Morgan fingerprint density at radius 3 is 2.82 bits per heavy atom. The van der Waals surface area contributed by atoms with Crippen LogP contribution in [0.4, 0.5) is 0 Å². The first-order valence-corrected chi connectivity index (χ1v) is 6.12. The number of amides is 1. The maximum absolute atomic E-state index is 11.8. The van der Waals surface area contributed by atoms with Gasteiger partial charge in [0.25, 0.3) is 0 Å². The Hall–Kier alpha value is -1.10. The van der Waals surface area contributed by atoms with Crippen LogP contribution in [0.15, 0.2) is 0 Å². The summed E-state index contributed by atoms with van der Waals surface area (Å²) in [6.07, 6.45) is 2.06. The normalized spacial score (nSPS) is 20.1. The van der Waals surface area contributed by atoms with Crippen molar-refractivity contribution in [2.75, 3.05) is 33.4 Å². The zero-order valence-electron chi connectivity index (χ0n) is 10.6. The lowest BCUT2D eigenvalue weighted by Crippen LogP contribution is -2.43. The molecule has 0 aromatic carbocycles. The summed E-state index contributed by atoms with van der Waals surface area (Å²) in [4.78, 5) is 25.1. The van der Waals surface area contributed by atoms with Crippen LogP contribution in [0.3, 0.4) is 0 Å². The highest BCUT2D eigenvalue weighted by Gasteiger charge is 2.28. The van der Waals surface area contributed by atoms with E-state index in [9.17, 15) is 9.59 Å². The first-order valence-electron chi connectivity index (χ1n) is 6.12. The molecule has 0 aliphatic carbocycles. The number of nitrogens with zero attached hydrogens (tertiary/aromatic N) is 1. The summed E-state index contributed by atoms with van der Waals surface area (Å²) in [6, 6.07) is 0. The molecule has 17 heavy (non-hydrogen) atoms. The summed E-state index contributed by atoms with van der Waals surface area (Å²) in [5.74, 6) is -0.284. The van der Waals surface area contributed by atoms with Crippen LogP contribution in [0.5, 0.6) is 0 Å². The van der Waals surface area contributed by atoms with E-state index in [2.05, 4.69) is 0 Å². The third kappa shape index (κ3) is 4.34.